The summed E-state index contributed by atoms with van der Waals surface area (Å²) in [6.45, 7) is 0. The first-order valence-corrected chi connectivity index (χ1v) is 15.3. The second-order valence-electron chi connectivity index (χ2n) is 11.2. The highest BCUT2D eigenvalue weighted by molar-refractivity contribution is 7.26. The molecule has 3 heteroatoms. The van der Waals surface area contributed by atoms with Crippen molar-refractivity contribution in [2.24, 2.45) is 0 Å². The predicted molar refractivity (Wildman–Crippen MR) is 182 cm³/mol. The minimum atomic E-state index is 0.828. The van der Waals surface area contributed by atoms with Gasteiger partial charge in [0.25, 0.3) is 0 Å². The molecule has 10 aromatic rings. The molecule has 2 nitrogen and oxygen atoms in total. The third kappa shape index (κ3) is 3.17. The summed E-state index contributed by atoms with van der Waals surface area (Å²) in [5, 5.41) is 10.6. The standard InChI is InChI=1S/C40H22O2S/c1-3-14-27-25(12-1)37(31-17-9-16-30-24-11-6-8-19-36(24)43-40(30)31)26-13-2-4-15-28(26)38(27)35-22-32-34(41-35)21-20-29-23-10-5-7-18-33(23)42-39(29)32/h1-22H. The molecule has 200 valence electrons. The summed E-state index contributed by atoms with van der Waals surface area (Å²) in [4.78, 5) is 0. The van der Waals surface area contributed by atoms with Crippen molar-refractivity contribution in [3.63, 3.8) is 0 Å². The van der Waals surface area contributed by atoms with Gasteiger partial charge in [0.15, 0.2) is 0 Å². The average molecular weight is 567 g/mol. The zero-order valence-electron chi connectivity index (χ0n) is 22.9. The van der Waals surface area contributed by atoms with E-state index in [1.165, 1.54) is 52.8 Å². The van der Waals surface area contributed by atoms with Crippen molar-refractivity contribution in [2.75, 3.05) is 0 Å². The first-order chi connectivity index (χ1) is 21.3. The molecule has 0 aliphatic heterocycles. The molecule has 7 aromatic carbocycles. The van der Waals surface area contributed by atoms with E-state index < -0.39 is 0 Å². The lowest BCUT2D eigenvalue weighted by Gasteiger charge is -2.16. The van der Waals surface area contributed by atoms with Crippen LogP contribution >= 0.6 is 11.3 Å². The lowest BCUT2D eigenvalue weighted by atomic mass is 9.87. The van der Waals surface area contributed by atoms with Gasteiger partial charge in [0.05, 0.1) is 5.39 Å². The second-order valence-corrected chi connectivity index (χ2v) is 12.2. The van der Waals surface area contributed by atoms with E-state index in [4.69, 9.17) is 8.83 Å². The number of hydrogen-bond donors (Lipinski definition) is 0. The molecule has 0 N–H and O–H groups in total. The van der Waals surface area contributed by atoms with E-state index in [1.54, 1.807) is 0 Å². The van der Waals surface area contributed by atoms with Gasteiger partial charge in [-0.05, 0) is 57.4 Å². The van der Waals surface area contributed by atoms with Gasteiger partial charge < -0.3 is 8.83 Å². The monoisotopic (exact) mass is 566 g/mol. The van der Waals surface area contributed by atoms with Crippen LogP contribution in [0.25, 0.3) is 97.1 Å². The summed E-state index contributed by atoms with van der Waals surface area (Å²) < 4.78 is 15.7. The SMILES string of the molecule is c1ccc2c(c1)oc1c3cc(-c4c5ccccc5c(-c5cccc6c5sc5ccccc56)c5ccccc45)oc3ccc21. The Bertz CT molecular complexity index is 2680. The van der Waals surface area contributed by atoms with Gasteiger partial charge in [-0.2, -0.15) is 0 Å². The van der Waals surface area contributed by atoms with Gasteiger partial charge >= 0.3 is 0 Å². The molecule has 0 saturated heterocycles. The molecule has 0 saturated carbocycles. The molecule has 0 aliphatic rings. The van der Waals surface area contributed by atoms with Crippen LogP contribution in [0.5, 0.6) is 0 Å². The summed E-state index contributed by atoms with van der Waals surface area (Å²) in [5.74, 6) is 0.849. The zero-order chi connectivity index (χ0) is 28.1. The average Bonchev–Trinajstić information content (AvgIpc) is 3.77. The van der Waals surface area contributed by atoms with E-state index in [-0.39, 0.29) is 0 Å². The van der Waals surface area contributed by atoms with Gasteiger partial charge in [-0.15, -0.1) is 11.3 Å². The van der Waals surface area contributed by atoms with Crippen LogP contribution in [0.2, 0.25) is 0 Å². The number of thiophene rings is 1. The number of rotatable bonds is 2. The Labute approximate surface area is 250 Å². The molecule has 10 rings (SSSR count). The maximum Gasteiger partial charge on any atom is 0.146 e. The van der Waals surface area contributed by atoms with Gasteiger partial charge in [-0.3, -0.25) is 0 Å². The molecule has 0 radical (unpaired) electrons. The van der Waals surface area contributed by atoms with Crippen LogP contribution in [0.15, 0.2) is 142 Å². The minimum Gasteiger partial charge on any atom is -0.456 e. The molecule has 0 unspecified atom stereocenters. The summed E-state index contributed by atoms with van der Waals surface area (Å²) >= 11 is 1.88. The maximum atomic E-state index is 6.67. The van der Waals surface area contributed by atoms with Crippen molar-refractivity contribution >= 4 is 86.0 Å². The molecule has 0 fully saturated rings. The number of furan rings is 2. The molecule has 3 aromatic heterocycles. The molecule has 0 amide bonds. The largest absolute Gasteiger partial charge is 0.456 e. The van der Waals surface area contributed by atoms with Gasteiger partial charge in [0, 0.05) is 42.1 Å². The van der Waals surface area contributed by atoms with Crippen LogP contribution in [0, 0.1) is 0 Å². The van der Waals surface area contributed by atoms with Crippen molar-refractivity contribution in [1.29, 1.82) is 0 Å². The Hall–Kier alpha value is -5.38. The van der Waals surface area contributed by atoms with E-state index in [0.717, 1.165) is 44.2 Å². The second kappa shape index (κ2) is 8.57. The third-order valence-corrected chi connectivity index (χ3v) is 10.1. The highest BCUT2D eigenvalue weighted by Gasteiger charge is 2.22. The van der Waals surface area contributed by atoms with E-state index in [1.807, 2.05) is 23.5 Å². The molecular weight excluding hydrogens is 545 g/mol. The van der Waals surface area contributed by atoms with Crippen LogP contribution in [-0.4, -0.2) is 0 Å². The van der Waals surface area contributed by atoms with Crippen molar-refractivity contribution in [3.8, 4) is 22.5 Å². The van der Waals surface area contributed by atoms with Crippen LogP contribution in [0.4, 0.5) is 0 Å². The van der Waals surface area contributed by atoms with Crippen LogP contribution < -0.4 is 0 Å². The summed E-state index contributed by atoms with van der Waals surface area (Å²) in [6.07, 6.45) is 0. The quantitative estimate of drug-likeness (QED) is 0.195. The van der Waals surface area contributed by atoms with Gasteiger partial charge in [0.1, 0.15) is 22.5 Å². The highest BCUT2D eigenvalue weighted by atomic mass is 32.1. The number of para-hydroxylation sites is 1. The minimum absolute atomic E-state index is 0.828. The normalized spacial score (nSPS) is 12.2. The van der Waals surface area contributed by atoms with Crippen LogP contribution in [0.1, 0.15) is 0 Å². The first-order valence-electron chi connectivity index (χ1n) is 14.5. The Balaban J connectivity index is 1.32. The van der Waals surface area contributed by atoms with Crippen molar-refractivity contribution < 1.29 is 8.83 Å². The molecule has 0 bridgehead atoms. The maximum absolute atomic E-state index is 6.67. The summed E-state index contributed by atoms with van der Waals surface area (Å²) in [7, 11) is 0. The predicted octanol–water partition coefficient (Wildman–Crippen LogP) is 12.3. The molecule has 0 spiro atoms. The highest BCUT2D eigenvalue weighted by Crippen LogP contribution is 2.48. The Morgan fingerprint density at radius 2 is 1.00 bits per heavy atom. The third-order valence-electron chi connectivity index (χ3n) is 8.89. The topological polar surface area (TPSA) is 26.3 Å². The Kier molecular flexibility index (Phi) is 4.63. The van der Waals surface area contributed by atoms with E-state index in [2.05, 4.69) is 121 Å². The van der Waals surface area contributed by atoms with E-state index in [9.17, 15) is 0 Å². The fourth-order valence-electron chi connectivity index (χ4n) is 7.05. The molecule has 0 aliphatic carbocycles. The molecule has 0 atom stereocenters. The fraction of sp³-hybridized carbons (Fsp3) is 0. The Morgan fingerprint density at radius 1 is 0.395 bits per heavy atom. The summed E-state index contributed by atoms with van der Waals surface area (Å²) in [6, 6.07) is 47.6. The van der Waals surface area contributed by atoms with E-state index >= 15 is 0 Å². The van der Waals surface area contributed by atoms with Crippen LogP contribution in [0.3, 0.4) is 0 Å². The number of hydrogen-bond acceptors (Lipinski definition) is 3. The Morgan fingerprint density at radius 3 is 1.77 bits per heavy atom. The van der Waals surface area contributed by atoms with Gasteiger partial charge in [-0.25, -0.2) is 0 Å². The lowest BCUT2D eigenvalue weighted by molar-refractivity contribution is 0.632. The molecule has 43 heavy (non-hydrogen) atoms. The first kappa shape index (κ1) is 23.2. The molecule has 3 heterocycles. The lowest BCUT2D eigenvalue weighted by Crippen LogP contribution is -1.90. The zero-order valence-corrected chi connectivity index (χ0v) is 23.7. The smallest absolute Gasteiger partial charge is 0.146 e. The van der Waals surface area contributed by atoms with Crippen molar-refractivity contribution in [2.45, 2.75) is 0 Å². The van der Waals surface area contributed by atoms with Gasteiger partial charge in [-0.1, -0.05) is 103 Å². The summed E-state index contributed by atoms with van der Waals surface area (Å²) in [5.41, 5.74) is 6.24. The van der Waals surface area contributed by atoms with Gasteiger partial charge in [0.2, 0.25) is 0 Å². The fourth-order valence-corrected chi connectivity index (χ4v) is 8.27. The van der Waals surface area contributed by atoms with Crippen molar-refractivity contribution in [3.05, 3.63) is 133 Å². The van der Waals surface area contributed by atoms with Crippen molar-refractivity contribution in [1.82, 2.24) is 0 Å². The molecular formula is C40H22O2S. The number of benzene rings is 7. The van der Waals surface area contributed by atoms with Crippen LogP contribution in [-0.2, 0) is 0 Å². The van der Waals surface area contributed by atoms with E-state index in [0.29, 0.717) is 0 Å². The number of fused-ring (bicyclic) bond motifs is 10.